The minimum atomic E-state index is -0.465. The molecule has 2 aromatic rings. The van der Waals surface area contributed by atoms with E-state index in [0.717, 1.165) is 4.90 Å². The summed E-state index contributed by atoms with van der Waals surface area (Å²) in [6, 6.07) is 8.65. The molecule has 0 fully saturated rings. The van der Waals surface area contributed by atoms with E-state index in [9.17, 15) is 9.59 Å². The molecule has 3 rings (SSSR count). The van der Waals surface area contributed by atoms with Crippen molar-refractivity contribution in [2.45, 2.75) is 29.5 Å². The number of anilines is 1. The van der Waals surface area contributed by atoms with Gasteiger partial charge in [0.05, 0.1) is 23.2 Å². The highest BCUT2D eigenvalue weighted by Crippen LogP contribution is 2.38. The zero-order valence-electron chi connectivity index (χ0n) is 12.3. The maximum absolute atomic E-state index is 12.2. The number of hydrogen-bond acceptors (Lipinski definition) is 4. The fourth-order valence-electron chi connectivity index (χ4n) is 2.33. The van der Waals surface area contributed by atoms with Gasteiger partial charge in [-0.3, -0.25) is 9.59 Å². The maximum atomic E-state index is 12.2. The predicted molar refractivity (Wildman–Crippen MR) is 89.6 cm³/mol. The van der Waals surface area contributed by atoms with Crippen LogP contribution < -0.4 is 10.6 Å². The Kier molecular flexibility index (Phi) is 4.63. The zero-order valence-corrected chi connectivity index (χ0v) is 13.9. The van der Waals surface area contributed by atoms with Gasteiger partial charge in [-0.25, -0.2) is 0 Å². The van der Waals surface area contributed by atoms with Gasteiger partial charge in [-0.05, 0) is 37.3 Å². The number of hydrogen-bond donors (Lipinski definition) is 2. The van der Waals surface area contributed by atoms with Crippen LogP contribution in [0.4, 0.5) is 5.69 Å². The van der Waals surface area contributed by atoms with E-state index in [1.54, 1.807) is 30.5 Å². The second-order valence-corrected chi connectivity index (χ2v) is 6.93. The van der Waals surface area contributed by atoms with Gasteiger partial charge in [0.2, 0.25) is 11.8 Å². The molecule has 0 radical (unpaired) electrons. The Morgan fingerprint density at radius 2 is 2.30 bits per heavy atom. The average molecular weight is 351 g/mol. The Balaban J connectivity index is 1.63. The van der Waals surface area contributed by atoms with Gasteiger partial charge >= 0.3 is 0 Å². The van der Waals surface area contributed by atoms with Crippen molar-refractivity contribution < 1.29 is 14.0 Å². The van der Waals surface area contributed by atoms with Crippen molar-refractivity contribution in [2.24, 2.45) is 0 Å². The first-order valence-corrected chi connectivity index (χ1v) is 8.38. The molecule has 0 aliphatic carbocycles. The number of carbonyl (C=O) groups is 2. The molecule has 0 spiro atoms. The van der Waals surface area contributed by atoms with E-state index in [0.29, 0.717) is 16.5 Å². The third-order valence-corrected chi connectivity index (χ3v) is 4.99. The summed E-state index contributed by atoms with van der Waals surface area (Å²) in [5, 5.41) is 5.73. The van der Waals surface area contributed by atoms with Gasteiger partial charge in [0, 0.05) is 16.3 Å². The lowest BCUT2D eigenvalue weighted by molar-refractivity contribution is -0.124. The Morgan fingerprint density at radius 3 is 3.04 bits per heavy atom. The maximum Gasteiger partial charge on any atom is 0.238 e. The molecule has 0 saturated carbocycles. The topological polar surface area (TPSA) is 71.3 Å². The van der Waals surface area contributed by atoms with Crippen LogP contribution in [-0.4, -0.2) is 17.1 Å². The summed E-state index contributed by atoms with van der Waals surface area (Å²) in [7, 11) is 0. The third kappa shape index (κ3) is 3.71. The van der Waals surface area contributed by atoms with Gasteiger partial charge in [0.25, 0.3) is 0 Å². The summed E-state index contributed by atoms with van der Waals surface area (Å²) < 4.78 is 5.25. The second kappa shape index (κ2) is 6.68. The first-order valence-electron chi connectivity index (χ1n) is 7.13. The van der Waals surface area contributed by atoms with E-state index in [1.165, 1.54) is 11.8 Å². The van der Waals surface area contributed by atoms with E-state index < -0.39 is 5.25 Å². The van der Waals surface area contributed by atoms with Gasteiger partial charge in [0.15, 0.2) is 0 Å². The van der Waals surface area contributed by atoms with Crippen LogP contribution in [-0.2, 0) is 9.59 Å². The van der Waals surface area contributed by atoms with E-state index in [-0.39, 0.29) is 24.3 Å². The highest BCUT2D eigenvalue weighted by molar-refractivity contribution is 8.01. The number of thioether (sulfide) groups is 1. The standard InChI is InChI=1S/C16H15ClN2O3S/c1-9(12-3-2-6-22-12)18-15(20)8-14-16(21)19-11-7-10(17)4-5-13(11)23-14/h2-7,9,14H,8H2,1H3,(H,18,20)(H,19,21). The van der Waals surface area contributed by atoms with Crippen molar-refractivity contribution >= 4 is 40.9 Å². The summed E-state index contributed by atoms with van der Waals surface area (Å²) in [5.41, 5.74) is 0.688. The van der Waals surface area contributed by atoms with Crippen LogP contribution in [0.15, 0.2) is 45.9 Å². The molecule has 2 atom stereocenters. The van der Waals surface area contributed by atoms with Gasteiger partial charge in [-0.2, -0.15) is 0 Å². The smallest absolute Gasteiger partial charge is 0.238 e. The number of amides is 2. The Morgan fingerprint density at radius 1 is 1.48 bits per heavy atom. The number of fused-ring (bicyclic) bond motifs is 1. The molecule has 120 valence electrons. The molecule has 2 amide bonds. The number of halogens is 1. The second-order valence-electron chi connectivity index (χ2n) is 5.24. The summed E-state index contributed by atoms with van der Waals surface area (Å²) in [6.07, 6.45) is 1.66. The summed E-state index contributed by atoms with van der Waals surface area (Å²) in [5.74, 6) is 0.295. The number of furan rings is 1. The van der Waals surface area contributed by atoms with Crippen LogP contribution in [0.5, 0.6) is 0 Å². The van der Waals surface area contributed by atoms with Crippen molar-refractivity contribution in [3.05, 3.63) is 47.4 Å². The van der Waals surface area contributed by atoms with Crippen molar-refractivity contribution in [1.29, 1.82) is 0 Å². The Bertz CT molecular complexity index is 733. The van der Waals surface area contributed by atoms with Crippen molar-refractivity contribution in [2.75, 3.05) is 5.32 Å². The van der Waals surface area contributed by atoms with Gasteiger partial charge in [-0.1, -0.05) is 11.6 Å². The summed E-state index contributed by atoms with van der Waals surface area (Å²) in [6.45, 7) is 1.84. The Labute approximate surface area is 142 Å². The lowest BCUT2D eigenvalue weighted by Crippen LogP contribution is -2.35. The number of carbonyl (C=O) groups excluding carboxylic acids is 2. The molecule has 2 N–H and O–H groups in total. The fraction of sp³-hybridized carbons (Fsp3) is 0.250. The lowest BCUT2D eigenvalue weighted by Gasteiger charge is -2.24. The van der Waals surface area contributed by atoms with Crippen LogP contribution in [0.2, 0.25) is 5.02 Å². The molecule has 1 aromatic heterocycles. The number of benzene rings is 1. The predicted octanol–water partition coefficient (Wildman–Crippen LogP) is 3.61. The minimum absolute atomic E-state index is 0.101. The lowest BCUT2D eigenvalue weighted by atomic mass is 10.2. The number of nitrogens with one attached hydrogen (secondary N) is 2. The molecule has 2 heterocycles. The van der Waals surface area contributed by atoms with Crippen LogP contribution in [0.1, 0.15) is 25.1 Å². The molecule has 1 aromatic carbocycles. The number of rotatable bonds is 4. The van der Waals surface area contributed by atoms with Gasteiger partial charge in [0.1, 0.15) is 5.76 Å². The normalized spacial score (nSPS) is 18.0. The first kappa shape index (κ1) is 16.0. The van der Waals surface area contributed by atoms with Crippen molar-refractivity contribution in [3.63, 3.8) is 0 Å². The van der Waals surface area contributed by atoms with Crippen molar-refractivity contribution in [3.8, 4) is 0 Å². The molecule has 0 bridgehead atoms. The SMILES string of the molecule is CC(NC(=O)CC1Sc2ccc(Cl)cc2NC1=O)c1ccco1. The molecule has 2 unspecified atom stereocenters. The monoisotopic (exact) mass is 350 g/mol. The zero-order chi connectivity index (χ0) is 16.4. The third-order valence-electron chi connectivity index (χ3n) is 3.48. The molecule has 1 aliphatic rings. The largest absolute Gasteiger partial charge is 0.467 e. The van der Waals surface area contributed by atoms with Gasteiger partial charge < -0.3 is 15.1 Å². The molecule has 7 heteroatoms. The minimum Gasteiger partial charge on any atom is -0.467 e. The Hall–Kier alpha value is -1.92. The molecule has 23 heavy (non-hydrogen) atoms. The highest BCUT2D eigenvalue weighted by atomic mass is 35.5. The van der Waals surface area contributed by atoms with Crippen LogP contribution in [0, 0.1) is 0 Å². The van der Waals surface area contributed by atoms with Crippen LogP contribution in [0.25, 0.3) is 0 Å². The molecule has 5 nitrogen and oxygen atoms in total. The quantitative estimate of drug-likeness (QED) is 0.883. The summed E-state index contributed by atoms with van der Waals surface area (Å²) >= 11 is 7.29. The molecular formula is C16H15ClN2O3S. The summed E-state index contributed by atoms with van der Waals surface area (Å²) in [4.78, 5) is 25.2. The van der Waals surface area contributed by atoms with Gasteiger partial charge in [-0.15, -0.1) is 11.8 Å². The highest BCUT2D eigenvalue weighted by Gasteiger charge is 2.29. The van der Waals surface area contributed by atoms with E-state index in [2.05, 4.69) is 10.6 Å². The van der Waals surface area contributed by atoms with E-state index in [1.807, 2.05) is 13.0 Å². The van der Waals surface area contributed by atoms with Crippen molar-refractivity contribution in [1.82, 2.24) is 5.32 Å². The molecule has 1 aliphatic heterocycles. The van der Waals surface area contributed by atoms with Crippen LogP contribution >= 0.6 is 23.4 Å². The average Bonchev–Trinajstić information content (AvgIpc) is 3.02. The van der Waals surface area contributed by atoms with Crippen LogP contribution in [0.3, 0.4) is 0 Å². The molecular weight excluding hydrogens is 336 g/mol. The molecule has 0 saturated heterocycles. The first-order chi connectivity index (χ1) is 11.0. The fourth-order valence-corrected chi connectivity index (χ4v) is 3.60. The van der Waals surface area contributed by atoms with E-state index >= 15 is 0 Å². The van der Waals surface area contributed by atoms with E-state index in [4.69, 9.17) is 16.0 Å².